The summed E-state index contributed by atoms with van der Waals surface area (Å²) in [6, 6.07) is 17.6. The Morgan fingerprint density at radius 1 is 1.00 bits per heavy atom. The average Bonchev–Trinajstić information content (AvgIpc) is 3.07. The highest BCUT2D eigenvalue weighted by molar-refractivity contribution is 7.89. The van der Waals surface area contributed by atoms with Gasteiger partial charge in [0.05, 0.1) is 0 Å². The summed E-state index contributed by atoms with van der Waals surface area (Å²) in [5, 5.41) is 2.74. The molecule has 1 aromatic heterocycles. The first-order chi connectivity index (χ1) is 12.9. The lowest BCUT2D eigenvalue weighted by Crippen LogP contribution is -2.18. The molecule has 0 aliphatic carbocycles. The Hall–Kier alpha value is -3.10. The maximum Gasteiger partial charge on any atom is 0.272 e. The van der Waals surface area contributed by atoms with Gasteiger partial charge in [0.15, 0.2) is 0 Å². The largest absolute Gasteiger partial charge is 0.457 e. The normalized spacial score (nSPS) is 11.2. The predicted molar refractivity (Wildman–Crippen MR) is 103 cm³/mol. The lowest BCUT2D eigenvalue weighted by molar-refractivity contribution is 0.101. The molecule has 7 nitrogen and oxygen atoms in total. The minimum atomic E-state index is -3.61. The van der Waals surface area contributed by atoms with Gasteiger partial charge in [-0.3, -0.25) is 4.79 Å². The third kappa shape index (κ3) is 4.36. The Labute approximate surface area is 157 Å². The first-order valence-corrected chi connectivity index (χ1v) is 9.61. The molecule has 0 fully saturated rings. The van der Waals surface area contributed by atoms with Crippen LogP contribution in [0.25, 0.3) is 0 Å². The molecule has 8 heteroatoms. The third-order valence-electron chi connectivity index (χ3n) is 3.88. The van der Waals surface area contributed by atoms with Gasteiger partial charge in [-0.05, 0) is 49.5 Å². The lowest BCUT2D eigenvalue weighted by atomic mass is 10.3. The molecule has 0 spiro atoms. The number of hydrogen-bond acceptors (Lipinski definition) is 4. The smallest absolute Gasteiger partial charge is 0.272 e. The van der Waals surface area contributed by atoms with E-state index in [1.54, 1.807) is 31.3 Å². The Kier molecular flexibility index (Phi) is 5.29. The van der Waals surface area contributed by atoms with Gasteiger partial charge in [-0.25, -0.2) is 13.1 Å². The van der Waals surface area contributed by atoms with Crippen molar-refractivity contribution in [1.82, 2.24) is 9.29 Å². The van der Waals surface area contributed by atoms with Crippen molar-refractivity contribution in [3.8, 4) is 11.5 Å². The second-order valence-corrected chi connectivity index (χ2v) is 7.66. The van der Waals surface area contributed by atoms with Crippen molar-refractivity contribution in [2.24, 2.45) is 7.05 Å². The van der Waals surface area contributed by atoms with Crippen LogP contribution in [0.5, 0.6) is 11.5 Å². The number of amides is 1. The topological polar surface area (TPSA) is 89.4 Å². The van der Waals surface area contributed by atoms with Crippen molar-refractivity contribution in [2.75, 3.05) is 12.4 Å². The zero-order valence-corrected chi connectivity index (χ0v) is 15.7. The number of carbonyl (C=O) groups excluding carboxylic acids is 1. The average molecular weight is 385 g/mol. The molecule has 140 valence electrons. The van der Waals surface area contributed by atoms with E-state index in [1.807, 2.05) is 30.3 Å². The number of ether oxygens (including phenoxy) is 1. The number of anilines is 1. The number of sulfonamides is 1. The summed E-state index contributed by atoms with van der Waals surface area (Å²) in [6.07, 6.45) is 1.39. The van der Waals surface area contributed by atoms with Crippen molar-refractivity contribution in [2.45, 2.75) is 4.90 Å². The molecule has 1 heterocycles. The Morgan fingerprint density at radius 3 is 2.26 bits per heavy atom. The monoisotopic (exact) mass is 385 g/mol. The molecule has 2 N–H and O–H groups in total. The number of nitrogens with zero attached hydrogens (tertiary/aromatic N) is 1. The van der Waals surface area contributed by atoms with Crippen molar-refractivity contribution in [3.63, 3.8) is 0 Å². The Morgan fingerprint density at radius 2 is 1.63 bits per heavy atom. The second-order valence-electron chi connectivity index (χ2n) is 5.77. The van der Waals surface area contributed by atoms with Crippen molar-refractivity contribution >= 4 is 21.6 Å². The molecule has 1 amide bonds. The van der Waals surface area contributed by atoms with Crippen LogP contribution in [0.3, 0.4) is 0 Å². The van der Waals surface area contributed by atoms with E-state index in [2.05, 4.69) is 10.0 Å². The fourth-order valence-corrected chi connectivity index (χ4v) is 3.25. The molecule has 0 unspecified atom stereocenters. The molecule has 0 atom stereocenters. The zero-order valence-electron chi connectivity index (χ0n) is 14.8. The molecule has 3 rings (SSSR count). The van der Waals surface area contributed by atoms with Crippen molar-refractivity contribution in [1.29, 1.82) is 0 Å². The van der Waals surface area contributed by atoms with Gasteiger partial charge >= 0.3 is 0 Å². The first kappa shape index (κ1) is 18.7. The number of rotatable bonds is 6. The van der Waals surface area contributed by atoms with E-state index in [1.165, 1.54) is 23.9 Å². The molecule has 0 aliphatic heterocycles. The van der Waals surface area contributed by atoms with Crippen LogP contribution < -0.4 is 14.8 Å². The van der Waals surface area contributed by atoms with Crippen LogP contribution in [0.2, 0.25) is 0 Å². The van der Waals surface area contributed by atoms with Gasteiger partial charge in [-0.1, -0.05) is 18.2 Å². The Balaban J connectivity index is 1.71. The summed E-state index contributed by atoms with van der Waals surface area (Å²) >= 11 is 0. The van der Waals surface area contributed by atoms with Crippen LogP contribution in [-0.2, 0) is 17.1 Å². The van der Waals surface area contributed by atoms with E-state index in [-0.39, 0.29) is 10.6 Å². The number of benzene rings is 2. The van der Waals surface area contributed by atoms with Gasteiger partial charge in [-0.15, -0.1) is 0 Å². The summed E-state index contributed by atoms with van der Waals surface area (Å²) in [6.45, 7) is 0. The number of hydrogen-bond donors (Lipinski definition) is 2. The van der Waals surface area contributed by atoms with Crippen molar-refractivity contribution in [3.05, 3.63) is 72.6 Å². The van der Waals surface area contributed by atoms with Gasteiger partial charge in [-0.2, -0.15) is 0 Å². The Bertz CT molecular complexity index is 1040. The first-order valence-electron chi connectivity index (χ1n) is 8.13. The zero-order chi connectivity index (χ0) is 19.4. The summed E-state index contributed by atoms with van der Waals surface area (Å²) in [7, 11) is -0.677. The molecule has 3 aromatic rings. The minimum Gasteiger partial charge on any atom is -0.457 e. The van der Waals surface area contributed by atoms with E-state index < -0.39 is 15.9 Å². The summed E-state index contributed by atoms with van der Waals surface area (Å²) < 4.78 is 33.1. The van der Waals surface area contributed by atoms with E-state index in [4.69, 9.17) is 4.74 Å². The standard InChI is InChI=1S/C19H19N3O4S/c1-20-27(24,25)17-12-18(22(2)13-17)19(23)21-14-8-10-16(11-9-14)26-15-6-4-3-5-7-15/h3-13,20H,1-2H3,(H,21,23). The summed E-state index contributed by atoms with van der Waals surface area (Å²) in [5.74, 6) is 0.948. The minimum absolute atomic E-state index is 0.0317. The maximum atomic E-state index is 12.5. The van der Waals surface area contributed by atoms with E-state index >= 15 is 0 Å². The SMILES string of the molecule is CNS(=O)(=O)c1cc(C(=O)Nc2ccc(Oc3ccccc3)cc2)n(C)c1. The van der Waals surface area contributed by atoms with Crippen LogP contribution in [0.15, 0.2) is 71.8 Å². The van der Waals surface area contributed by atoms with Gasteiger partial charge in [0.25, 0.3) is 5.91 Å². The predicted octanol–water partition coefficient (Wildman–Crippen LogP) is 2.98. The molecule has 0 radical (unpaired) electrons. The van der Waals surface area contributed by atoms with Gasteiger partial charge in [0, 0.05) is 18.9 Å². The third-order valence-corrected chi connectivity index (χ3v) is 5.26. The van der Waals surface area contributed by atoms with Gasteiger partial charge in [0.1, 0.15) is 22.1 Å². The highest BCUT2D eigenvalue weighted by atomic mass is 32.2. The molecular formula is C19H19N3O4S. The molecule has 2 aromatic carbocycles. The number of para-hydroxylation sites is 1. The number of carbonyl (C=O) groups is 1. The van der Waals surface area contributed by atoms with E-state index in [0.29, 0.717) is 11.4 Å². The molecular weight excluding hydrogens is 366 g/mol. The second kappa shape index (κ2) is 7.65. The maximum absolute atomic E-state index is 12.5. The van der Waals surface area contributed by atoms with Crippen LogP contribution in [-0.4, -0.2) is 25.9 Å². The summed E-state index contributed by atoms with van der Waals surface area (Å²) in [5.41, 5.74) is 0.799. The lowest BCUT2D eigenvalue weighted by Gasteiger charge is -2.08. The van der Waals surface area contributed by atoms with Crippen LogP contribution in [0.1, 0.15) is 10.5 Å². The molecule has 0 aliphatic rings. The summed E-state index contributed by atoms with van der Waals surface area (Å²) in [4.78, 5) is 12.5. The van der Waals surface area contributed by atoms with Crippen LogP contribution in [0, 0.1) is 0 Å². The molecule has 0 saturated heterocycles. The number of nitrogens with one attached hydrogen (secondary N) is 2. The fraction of sp³-hybridized carbons (Fsp3) is 0.105. The van der Waals surface area contributed by atoms with E-state index in [0.717, 1.165) is 5.75 Å². The highest BCUT2D eigenvalue weighted by Gasteiger charge is 2.19. The molecule has 27 heavy (non-hydrogen) atoms. The van der Waals surface area contributed by atoms with Gasteiger partial charge in [0.2, 0.25) is 10.0 Å². The number of aromatic nitrogens is 1. The van der Waals surface area contributed by atoms with Crippen molar-refractivity contribution < 1.29 is 17.9 Å². The molecule has 0 saturated carbocycles. The number of aryl methyl sites for hydroxylation is 1. The fourth-order valence-electron chi connectivity index (χ4n) is 2.45. The van der Waals surface area contributed by atoms with Crippen LogP contribution in [0.4, 0.5) is 5.69 Å². The quantitative estimate of drug-likeness (QED) is 0.683. The van der Waals surface area contributed by atoms with E-state index in [9.17, 15) is 13.2 Å². The van der Waals surface area contributed by atoms with Gasteiger partial charge < -0.3 is 14.6 Å². The van der Waals surface area contributed by atoms with Crippen LogP contribution >= 0.6 is 0 Å². The highest BCUT2D eigenvalue weighted by Crippen LogP contribution is 2.23. The molecule has 0 bridgehead atoms.